The molecular formula is C21H19Cl2F3N4O3. The van der Waals surface area contributed by atoms with Gasteiger partial charge in [0.15, 0.2) is 0 Å². The highest BCUT2D eigenvalue weighted by Crippen LogP contribution is 2.36. The summed E-state index contributed by atoms with van der Waals surface area (Å²) in [4.78, 5) is 29.2. The summed E-state index contributed by atoms with van der Waals surface area (Å²) in [7, 11) is 1.40. The standard InChI is InChI=1S/C21H19Cl2F3N4O3/c1-3-11-7-8-14-17(16(11)28-18(31)15-12(22)5-4-6-13(15)23)29-19(21(24,25)26)30(14)20(32)27-9-10-33-2/h4-8H,3,9-10H2,1-2H3,(H,27,32)(H,28,31). The second-order valence-corrected chi connectivity index (χ2v) is 7.68. The number of nitrogens with one attached hydrogen (secondary N) is 2. The number of ether oxygens (including phenoxy) is 1. The molecule has 0 fully saturated rings. The van der Waals surface area contributed by atoms with Crippen LogP contribution in [-0.4, -0.2) is 41.8 Å². The second kappa shape index (κ2) is 9.98. The van der Waals surface area contributed by atoms with Crippen LogP contribution in [0.4, 0.5) is 23.7 Å². The fraction of sp³-hybridized carbons (Fsp3) is 0.286. The van der Waals surface area contributed by atoms with E-state index in [0.29, 0.717) is 16.6 Å². The van der Waals surface area contributed by atoms with Crippen LogP contribution in [-0.2, 0) is 17.3 Å². The van der Waals surface area contributed by atoms with Crippen molar-refractivity contribution in [3.8, 4) is 0 Å². The number of hydrogen-bond acceptors (Lipinski definition) is 4. The van der Waals surface area contributed by atoms with Gasteiger partial charge in [0.2, 0.25) is 5.82 Å². The van der Waals surface area contributed by atoms with Gasteiger partial charge >= 0.3 is 12.2 Å². The molecule has 0 unspecified atom stereocenters. The SMILES string of the molecule is CCc1ccc2c(nc(C(F)(F)F)n2C(=O)NCCOC)c1NC(=O)c1c(Cl)cccc1Cl. The summed E-state index contributed by atoms with van der Waals surface area (Å²) in [6.07, 6.45) is -4.56. The summed E-state index contributed by atoms with van der Waals surface area (Å²) in [6, 6.07) is 6.32. The van der Waals surface area contributed by atoms with E-state index in [-0.39, 0.29) is 45.5 Å². The van der Waals surface area contributed by atoms with E-state index in [4.69, 9.17) is 27.9 Å². The average molecular weight is 503 g/mol. The van der Waals surface area contributed by atoms with E-state index in [1.807, 2.05) is 0 Å². The summed E-state index contributed by atoms with van der Waals surface area (Å²) in [6.45, 7) is 1.87. The molecule has 7 nitrogen and oxygen atoms in total. The van der Waals surface area contributed by atoms with Crippen molar-refractivity contribution in [1.82, 2.24) is 14.9 Å². The average Bonchev–Trinajstić information content (AvgIpc) is 3.14. The van der Waals surface area contributed by atoms with Crippen LogP contribution >= 0.6 is 23.2 Å². The number of fused-ring (bicyclic) bond motifs is 1. The molecule has 33 heavy (non-hydrogen) atoms. The number of halogens is 5. The van der Waals surface area contributed by atoms with Crippen LogP contribution in [0.5, 0.6) is 0 Å². The number of aromatic nitrogens is 2. The van der Waals surface area contributed by atoms with Crippen molar-refractivity contribution in [3.05, 3.63) is 57.3 Å². The molecule has 0 bridgehead atoms. The molecule has 0 saturated carbocycles. The molecule has 0 saturated heterocycles. The Morgan fingerprint density at radius 1 is 1.15 bits per heavy atom. The molecule has 0 aliphatic carbocycles. The van der Waals surface area contributed by atoms with Gasteiger partial charge in [-0.2, -0.15) is 13.2 Å². The zero-order valence-electron chi connectivity index (χ0n) is 17.5. The highest BCUT2D eigenvalue weighted by molar-refractivity contribution is 6.40. The van der Waals surface area contributed by atoms with E-state index in [0.717, 1.165) is 0 Å². The number of amides is 2. The van der Waals surface area contributed by atoms with Gasteiger partial charge in [-0.3, -0.25) is 4.79 Å². The highest BCUT2D eigenvalue weighted by Gasteiger charge is 2.40. The highest BCUT2D eigenvalue weighted by atomic mass is 35.5. The number of carbonyl (C=O) groups excluding carboxylic acids is 2. The minimum atomic E-state index is -4.93. The fourth-order valence-electron chi connectivity index (χ4n) is 3.25. The van der Waals surface area contributed by atoms with Crippen molar-refractivity contribution in [3.63, 3.8) is 0 Å². The summed E-state index contributed by atoms with van der Waals surface area (Å²) in [5.41, 5.74) is 0.185. The Hall–Kier alpha value is -2.82. The zero-order chi connectivity index (χ0) is 24.3. The molecule has 0 aliphatic rings. The maximum atomic E-state index is 13.8. The van der Waals surface area contributed by atoms with Gasteiger partial charge < -0.3 is 15.4 Å². The van der Waals surface area contributed by atoms with Gasteiger partial charge in [0, 0.05) is 13.7 Å². The zero-order valence-corrected chi connectivity index (χ0v) is 19.0. The molecular weight excluding hydrogens is 484 g/mol. The van der Waals surface area contributed by atoms with Gasteiger partial charge in [0.05, 0.1) is 33.4 Å². The van der Waals surface area contributed by atoms with Gasteiger partial charge in [0.25, 0.3) is 5.91 Å². The molecule has 2 amide bonds. The van der Waals surface area contributed by atoms with Crippen molar-refractivity contribution in [2.45, 2.75) is 19.5 Å². The number of carbonyl (C=O) groups is 2. The van der Waals surface area contributed by atoms with Crippen molar-refractivity contribution in [2.24, 2.45) is 0 Å². The smallest absolute Gasteiger partial charge is 0.383 e. The number of nitrogens with zero attached hydrogens (tertiary/aromatic N) is 2. The Morgan fingerprint density at radius 2 is 1.82 bits per heavy atom. The van der Waals surface area contributed by atoms with Crippen LogP contribution in [0.2, 0.25) is 10.0 Å². The third-order valence-electron chi connectivity index (χ3n) is 4.76. The molecule has 0 spiro atoms. The van der Waals surface area contributed by atoms with Crippen molar-refractivity contribution < 1.29 is 27.5 Å². The fourth-order valence-corrected chi connectivity index (χ4v) is 3.81. The quantitative estimate of drug-likeness (QED) is 0.443. The van der Waals surface area contributed by atoms with Crippen molar-refractivity contribution >= 4 is 51.9 Å². The Labute approximate surface area is 196 Å². The lowest BCUT2D eigenvalue weighted by atomic mass is 10.1. The lowest BCUT2D eigenvalue weighted by Crippen LogP contribution is -2.33. The number of methoxy groups -OCH3 is 1. The van der Waals surface area contributed by atoms with E-state index >= 15 is 0 Å². The van der Waals surface area contributed by atoms with E-state index < -0.39 is 23.9 Å². The number of aryl methyl sites for hydroxylation is 1. The molecule has 3 rings (SSSR count). The number of hydrogen-bond donors (Lipinski definition) is 2. The first-order chi connectivity index (χ1) is 15.6. The Bertz CT molecular complexity index is 1190. The predicted octanol–water partition coefficient (Wildman–Crippen LogP) is 5.38. The molecule has 0 aliphatic heterocycles. The normalized spacial score (nSPS) is 11.6. The maximum Gasteiger partial charge on any atom is 0.450 e. The summed E-state index contributed by atoms with van der Waals surface area (Å²) < 4.78 is 46.6. The largest absolute Gasteiger partial charge is 0.450 e. The van der Waals surface area contributed by atoms with Gasteiger partial charge in [-0.25, -0.2) is 14.3 Å². The van der Waals surface area contributed by atoms with E-state index in [9.17, 15) is 22.8 Å². The number of benzene rings is 2. The van der Waals surface area contributed by atoms with Crippen LogP contribution in [0.25, 0.3) is 11.0 Å². The first-order valence-corrected chi connectivity index (χ1v) is 10.5. The second-order valence-electron chi connectivity index (χ2n) is 6.87. The first kappa shape index (κ1) is 24.8. The maximum absolute atomic E-state index is 13.8. The van der Waals surface area contributed by atoms with E-state index in [1.54, 1.807) is 13.0 Å². The Morgan fingerprint density at radius 3 is 2.39 bits per heavy atom. The number of imidazole rings is 1. The lowest BCUT2D eigenvalue weighted by Gasteiger charge is -2.13. The molecule has 12 heteroatoms. The van der Waals surface area contributed by atoms with E-state index in [1.165, 1.54) is 31.4 Å². The molecule has 0 radical (unpaired) electrons. The number of alkyl halides is 3. The van der Waals surface area contributed by atoms with Crippen molar-refractivity contribution in [1.29, 1.82) is 0 Å². The molecule has 3 aromatic rings. The van der Waals surface area contributed by atoms with Crippen LogP contribution in [0, 0.1) is 0 Å². The van der Waals surface area contributed by atoms with Crippen molar-refractivity contribution in [2.75, 3.05) is 25.6 Å². The van der Waals surface area contributed by atoms with Gasteiger partial charge in [-0.1, -0.05) is 42.3 Å². The molecule has 1 heterocycles. The topological polar surface area (TPSA) is 85.2 Å². The summed E-state index contributed by atoms with van der Waals surface area (Å²) in [5.74, 6) is -2.15. The molecule has 0 atom stereocenters. The van der Waals surface area contributed by atoms with E-state index in [2.05, 4.69) is 15.6 Å². The summed E-state index contributed by atoms with van der Waals surface area (Å²) >= 11 is 12.2. The first-order valence-electron chi connectivity index (χ1n) is 9.74. The predicted molar refractivity (Wildman–Crippen MR) is 119 cm³/mol. The molecule has 1 aromatic heterocycles. The monoisotopic (exact) mass is 502 g/mol. The Balaban J connectivity index is 2.17. The third kappa shape index (κ3) is 5.07. The number of rotatable bonds is 6. The van der Waals surface area contributed by atoms with Crippen LogP contribution < -0.4 is 10.6 Å². The minimum absolute atomic E-state index is 0.00601. The van der Waals surface area contributed by atoms with Gasteiger partial charge in [-0.15, -0.1) is 0 Å². The number of anilines is 1. The van der Waals surface area contributed by atoms with Crippen LogP contribution in [0.1, 0.15) is 28.7 Å². The third-order valence-corrected chi connectivity index (χ3v) is 5.39. The minimum Gasteiger partial charge on any atom is -0.383 e. The van der Waals surface area contributed by atoms with Gasteiger partial charge in [0.1, 0.15) is 5.52 Å². The Kier molecular flexibility index (Phi) is 7.51. The van der Waals surface area contributed by atoms with Crippen LogP contribution in [0.15, 0.2) is 30.3 Å². The summed E-state index contributed by atoms with van der Waals surface area (Å²) in [5, 5.41) is 5.09. The molecule has 2 aromatic carbocycles. The van der Waals surface area contributed by atoms with Crippen LogP contribution in [0.3, 0.4) is 0 Å². The molecule has 176 valence electrons. The molecule has 2 N–H and O–H groups in total. The lowest BCUT2D eigenvalue weighted by molar-refractivity contribution is -0.145. The van der Waals surface area contributed by atoms with Gasteiger partial charge in [-0.05, 0) is 30.2 Å².